The van der Waals surface area contributed by atoms with Crippen LogP contribution in [-0.2, 0) is 0 Å². The molecule has 1 atom stereocenters. The Morgan fingerprint density at radius 1 is 1.19 bits per heavy atom. The van der Waals surface area contributed by atoms with Gasteiger partial charge in [-0.25, -0.2) is 4.98 Å². The van der Waals surface area contributed by atoms with Crippen LogP contribution < -0.4 is 5.73 Å². The van der Waals surface area contributed by atoms with Crippen LogP contribution in [0.5, 0.6) is 0 Å². The molecule has 1 unspecified atom stereocenters. The number of aryl methyl sites for hydroxylation is 2. The van der Waals surface area contributed by atoms with Crippen LogP contribution in [0.25, 0.3) is 0 Å². The molecule has 0 aromatic carbocycles. The van der Waals surface area contributed by atoms with Gasteiger partial charge in [-0.05, 0) is 32.6 Å². The molecule has 1 aliphatic rings. The Morgan fingerprint density at radius 2 is 1.81 bits per heavy atom. The predicted octanol–water partition coefficient (Wildman–Crippen LogP) is 3.73. The maximum Gasteiger partial charge on any atom is 0.110 e. The lowest BCUT2D eigenvalue weighted by Crippen LogP contribution is -2.20. The van der Waals surface area contributed by atoms with E-state index in [1.54, 1.807) is 11.3 Å². The first-order valence-electron chi connectivity index (χ1n) is 6.38. The predicted molar refractivity (Wildman–Crippen MR) is 69.7 cm³/mol. The molecule has 0 spiro atoms. The molecule has 2 nitrogen and oxygen atoms in total. The average Bonchev–Trinajstić information content (AvgIpc) is 2.51. The van der Waals surface area contributed by atoms with E-state index in [1.165, 1.54) is 43.4 Å². The lowest BCUT2D eigenvalue weighted by atomic mass is 9.93. The van der Waals surface area contributed by atoms with Crippen molar-refractivity contribution in [1.29, 1.82) is 0 Å². The molecule has 0 saturated heterocycles. The van der Waals surface area contributed by atoms with Crippen molar-refractivity contribution in [3.8, 4) is 0 Å². The molecule has 1 heterocycles. The summed E-state index contributed by atoms with van der Waals surface area (Å²) in [6.45, 7) is 4.21. The van der Waals surface area contributed by atoms with Crippen LogP contribution in [0.15, 0.2) is 0 Å². The Morgan fingerprint density at radius 3 is 2.31 bits per heavy atom. The van der Waals surface area contributed by atoms with Gasteiger partial charge >= 0.3 is 0 Å². The number of nitrogens with zero attached hydrogens (tertiary/aromatic N) is 1. The van der Waals surface area contributed by atoms with Crippen molar-refractivity contribution in [1.82, 2.24) is 4.98 Å². The topological polar surface area (TPSA) is 38.9 Å². The van der Waals surface area contributed by atoms with Crippen LogP contribution in [0.4, 0.5) is 0 Å². The molecule has 0 bridgehead atoms. The molecule has 3 heteroatoms. The molecule has 0 aliphatic heterocycles. The lowest BCUT2D eigenvalue weighted by molar-refractivity contribution is 0.381. The normalized spacial score (nSPS) is 20.7. The molecular weight excluding hydrogens is 216 g/mol. The first kappa shape index (κ1) is 12.1. The van der Waals surface area contributed by atoms with Gasteiger partial charge in [0.05, 0.1) is 11.7 Å². The summed E-state index contributed by atoms with van der Waals surface area (Å²) in [6, 6.07) is 0.176. The van der Waals surface area contributed by atoms with Crippen LogP contribution in [-0.4, -0.2) is 4.98 Å². The molecule has 16 heavy (non-hydrogen) atoms. The van der Waals surface area contributed by atoms with E-state index in [1.807, 2.05) is 0 Å². The zero-order valence-corrected chi connectivity index (χ0v) is 11.1. The summed E-state index contributed by atoms with van der Waals surface area (Å²) in [7, 11) is 0. The molecule has 2 rings (SSSR count). The van der Waals surface area contributed by atoms with Gasteiger partial charge in [-0.3, -0.25) is 0 Å². The Hall–Kier alpha value is -0.410. The Balaban J connectivity index is 2.07. The third-order valence-corrected chi connectivity index (χ3v) is 4.91. The molecule has 1 aromatic rings. The lowest BCUT2D eigenvalue weighted by Gasteiger charge is -2.20. The molecular formula is C13H22N2S. The molecule has 1 aromatic heterocycles. The summed E-state index contributed by atoms with van der Waals surface area (Å²) in [5.41, 5.74) is 7.53. The minimum Gasteiger partial charge on any atom is -0.322 e. The average molecular weight is 238 g/mol. The van der Waals surface area contributed by atoms with E-state index in [-0.39, 0.29) is 6.04 Å². The zero-order chi connectivity index (χ0) is 11.5. The SMILES string of the molecule is Cc1nc(C(N)C2CCCCCC2)sc1C. The Kier molecular flexibility index (Phi) is 3.98. The number of rotatable bonds is 2. The molecule has 0 amide bonds. The van der Waals surface area contributed by atoms with Crippen LogP contribution in [0, 0.1) is 19.8 Å². The van der Waals surface area contributed by atoms with Crippen molar-refractivity contribution in [3.05, 3.63) is 15.6 Å². The number of hydrogen-bond donors (Lipinski definition) is 1. The van der Waals surface area contributed by atoms with Gasteiger partial charge in [-0.1, -0.05) is 25.7 Å². The zero-order valence-electron chi connectivity index (χ0n) is 10.3. The third kappa shape index (κ3) is 2.64. The van der Waals surface area contributed by atoms with Crippen LogP contribution in [0.3, 0.4) is 0 Å². The van der Waals surface area contributed by atoms with Gasteiger partial charge < -0.3 is 5.73 Å². The maximum atomic E-state index is 6.37. The van der Waals surface area contributed by atoms with Crippen molar-refractivity contribution < 1.29 is 0 Å². The van der Waals surface area contributed by atoms with Crippen molar-refractivity contribution in [2.24, 2.45) is 11.7 Å². The highest BCUT2D eigenvalue weighted by molar-refractivity contribution is 7.11. The van der Waals surface area contributed by atoms with E-state index in [0.717, 1.165) is 10.7 Å². The van der Waals surface area contributed by atoms with E-state index < -0.39 is 0 Å². The fourth-order valence-corrected chi connectivity index (χ4v) is 3.53. The highest BCUT2D eigenvalue weighted by Gasteiger charge is 2.23. The standard InChI is InChI=1S/C13H22N2S/c1-9-10(2)16-13(15-9)12(14)11-7-5-3-4-6-8-11/h11-12H,3-8,14H2,1-2H3. The fraction of sp³-hybridized carbons (Fsp3) is 0.769. The van der Waals surface area contributed by atoms with Gasteiger partial charge in [0, 0.05) is 4.88 Å². The molecule has 2 N–H and O–H groups in total. The second kappa shape index (κ2) is 5.28. The summed E-state index contributed by atoms with van der Waals surface area (Å²) in [6.07, 6.45) is 8.05. The quantitative estimate of drug-likeness (QED) is 0.797. The van der Waals surface area contributed by atoms with Gasteiger partial charge in [0.2, 0.25) is 0 Å². The Bertz CT molecular complexity index is 318. The van der Waals surface area contributed by atoms with E-state index in [0.29, 0.717) is 5.92 Å². The Labute approximate surface area is 102 Å². The summed E-state index contributed by atoms with van der Waals surface area (Å²) >= 11 is 1.79. The van der Waals surface area contributed by atoms with E-state index in [9.17, 15) is 0 Å². The summed E-state index contributed by atoms with van der Waals surface area (Å²) < 4.78 is 0. The van der Waals surface area contributed by atoms with E-state index >= 15 is 0 Å². The molecule has 1 aliphatic carbocycles. The molecule has 1 fully saturated rings. The van der Waals surface area contributed by atoms with Gasteiger partial charge in [0.25, 0.3) is 0 Å². The van der Waals surface area contributed by atoms with Crippen LogP contribution >= 0.6 is 11.3 Å². The molecule has 1 saturated carbocycles. The second-order valence-electron chi connectivity index (χ2n) is 4.97. The van der Waals surface area contributed by atoms with Gasteiger partial charge in [0.1, 0.15) is 5.01 Å². The van der Waals surface area contributed by atoms with Gasteiger partial charge in [-0.15, -0.1) is 11.3 Å². The van der Waals surface area contributed by atoms with Gasteiger partial charge in [0.15, 0.2) is 0 Å². The largest absolute Gasteiger partial charge is 0.322 e. The second-order valence-corrected chi connectivity index (χ2v) is 6.21. The van der Waals surface area contributed by atoms with Crippen LogP contribution in [0.2, 0.25) is 0 Å². The van der Waals surface area contributed by atoms with Crippen LogP contribution in [0.1, 0.15) is 60.1 Å². The number of hydrogen-bond acceptors (Lipinski definition) is 3. The highest BCUT2D eigenvalue weighted by Crippen LogP contribution is 2.34. The number of thiazole rings is 1. The van der Waals surface area contributed by atoms with E-state index in [2.05, 4.69) is 18.8 Å². The molecule has 90 valence electrons. The first-order chi connectivity index (χ1) is 7.68. The third-order valence-electron chi connectivity index (χ3n) is 3.74. The summed E-state index contributed by atoms with van der Waals surface area (Å²) in [5, 5.41) is 1.15. The minimum absolute atomic E-state index is 0.176. The minimum atomic E-state index is 0.176. The fourth-order valence-electron chi connectivity index (χ4n) is 2.51. The summed E-state index contributed by atoms with van der Waals surface area (Å²) in [4.78, 5) is 5.93. The summed E-state index contributed by atoms with van der Waals surface area (Å²) in [5.74, 6) is 0.660. The van der Waals surface area contributed by atoms with E-state index in [4.69, 9.17) is 5.73 Å². The van der Waals surface area contributed by atoms with Crippen molar-refractivity contribution >= 4 is 11.3 Å². The van der Waals surface area contributed by atoms with Crippen molar-refractivity contribution in [3.63, 3.8) is 0 Å². The van der Waals surface area contributed by atoms with Gasteiger partial charge in [-0.2, -0.15) is 0 Å². The molecule has 0 radical (unpaired) electrons. The monoisotopic (exact) mass is 238 g/mol. The smallest absolute Gasteiger partial charge is 0.110 e. The van der Waals surface area contributed by atoms with Crippen molar-refractivity contribution in [2.45, 2.75) is 58.4 Å². The maximum absolute atomic E-state index is 6.37. The highest BCUT2D eigenvalue weighted by atomic mass is 32.1. The number of nitrogens with two attached hydrogens (primary N) is 1. The van der Waals surface area contributed by atoms with Crippen molar-refractivity contribution in [2.75, 3.05) is 0 Å². The number of aromatic nitrogens is 1. The first-order valence-corrected chi connectivity index (χ1v) is 7.19.